The van der Waals surface area contributed by atoms with Gasteiger partial charge in [-0.2, -0.15) is 0 Å². The average Bonchev–Trinajstić information content (AvgIpc) is 2.83. The summed E-state index contributed by atoms with van der Waals surface area (Å²) in [7, 11) is 0. The lowest BCUT2D eigenvalue weighted by Crippen LogP contribution is -2.53. The third-order valence-corrected chi connectivity index (χ3v) is 8.56. The van der Waals surface area contributed by atoms with E-state index in [1.165, 1.54) is 31.3 Å². The van der Waals surface area contributed by atoms with E-state index >= 15 is 0 Å². The first-order chi connectivity index (χ1) is 10.9. The van der Waals surface area contributed by atoms with Gasteiger partial charge in [0.05, 0.1) is 6.10 Å². The molecule has 1 N–H and O–H groups in total. The monoisotopic (exact) mass is 316 g/mol. The Morgan fingerprint density at radius 3 is 2.70 bits per heavy atom. The van der Waals surface area contributed by atoms with Crippen LogP contribution in [-0.2, 0) is 4.79 Å². The van der Waals surface area contributed by atoms with E-state index in [1.54, 1.807) is 0 Å². The lowest BCUT2D eigenvalue weighted by Gasteiger charge is -2.59. The molecule has 4 aliphatic carbocycles. The molecule has 2 nitrogen and oxygen atoms in total. The van der Waals surface area contributed by atoms with Crippen molar-refractivity contribution in [3.05, 3.63) is 11.6 Å². The second-order valence-corrected chi connectivity index (χ2v) is 9.34. The van der Waals surface area contributed by atoms with Gasteiger partial charge in [-0.3, -0.25) is 4.79 Å². The zero-order valence-electron chi connectivity index (χ0n) is 15.0. The molecule has 2 unspecified atom stereocenters. The van der Waals surface area contributed by atoms with Gasteiger partial charge < -0.3 is 5.11 Å². The Balaban J connectivity index is 1.74. The third-order valence-electron chi connectivity index (χ3n) is 8.56. The van der Waals surface area contributed by atoms with Gasteiger partial charge in [-0.1, -0.05) is 26.3 Å². The van der Waals surface area contributed by atoms with E-state index in [0.717, 1.165) is 37.5 Å². The number of rotatable bonds is 1. The highest BCUT2D eigenvalue weighted by Crippen LogP contribution is 2.66. The molecular formula is C21H32O2. The normalized spacial score (nSPS) is 52.4. The summed E-state index contributed by atoms with van der Waals surface area (Å²) in [5.41, 5.74) is 1.88. The molecule has 0 aromatic heterocycles. The van der Waals surface area contributed by atoms with Gasteiger partial charge in [0.25, 0.3) is 0 Å². The van der Waals surface area contributed by atoms with Gasteiger partial charge in [-0.05, 0) is 85.5 Å². The number of hydrogen-bond donors (Lipinski definition) is 1. The van der Waals surface area contributed by atoms with Crippen LogP contribution in [0.25, 0.3) is 0 Å². The van der Waals surface area contributed by atoms with Crippen LogP contribution >= 0.6 is 0 Å². The van der Waals surface area contributed by atoms with Gasteiger partial charge in [0.1, 0.15) is 0 Å². The highest BCUT2D eigenvalue weighted by atomic mass is 16.3. The van der Waals surface area contributed by atoms with E-state index in [-0.39, 0.29) is 16.9 Å². The molecule has 7 atom stereocenters. The van der Waals surface area contributed by atoms with E-state index in [0.29, 0.717) is 17.6 Å². The van der Waals surface area contributed by atoms with Gasteiger partial charge in [0.2, 0.25) is 0 Å². The number of carbonyl (C=O) groups is 1. The van der Waals surface area contributed by atoms with Crippen LogP contribution in [-0.4, -0.2) is 17.0 Å². The Morgan fingerprint density at radius 1 is 1.17 bits per heavy atom. The Hall–Kier alpha value is -0.630. The summed E-state index contributed by atoms with van der Waals surface area (Å²) < 4.78 is 0. The smallest absolute Gasteiger partial charge is 0.155 e. The van der Waals surface area contributed by atoms with Crippen molar-refractivity contribution < 1.29 is 9.90 Å². The van der Waals surface area contributed by atoms with Crippen molar-refractivity contribution in [2.75, 3.05) is 0 Å². The standard InChI is InChI=1S/C21H32O2/c1-4-13-11-15-16-5-6-19(23)21(16,3)10-8-17(15)20(2)9-7-14(22)12-18(13)20/h12-13,15-17,19,23H,4-11H2,1-3H3/t13?,15-,16-,17-,19?,20+,21-/m0/s1. The van der Waals surface area contributed by atoms with Crippen LogP contribution in [0.4, 0.5) is 0 Å². The summed E-state index contributed by atoms with van der Waals surface area (Å²) in [5, 5.41) is 10.6. The Morgan fingerprint density at radius 2 is 1.96 bits per heavy atom. The fraction of sp³-hybridized carbons (Fsp3) is 0.857. The average molecular weight is 316 g/mol. The molecule has 0 aromatic carbocycles. The van der Waals surface area contributed by atoms with Crippen molar-refractivity contribution in [3.63, 3.8) is 0 Å². The predicted molar refractivity (Wildman–Crippen MR) is 91.9 cm³/mol. The maximum atomic E-state index is 12.0. The highest BCUT2D eigenvalue weighted by Gasteiger charge is 2.60. The van der Waals surface area contributed by atoms with Gasteiger partial charge in [0, 0.05) is 6.42 Å². The topological polar surface area (TPSA) is 37.3 Å². The Labute approximate surface area is 140 Å². The molecule has 3 fully saturated rings. The molecule has 0 bridgehead atoms. The van der Waals surface area contributed by atoms with E-state index in [1.807, 2.05) is 6.08 Å². The molecule has 0 amide bonds. The molecule has 4 aliphatic rings. The van der Waals surface area contributed by atoms with E-state index in [9.17, 15) is 9.90 Å². The molecule has 0 spiro atoms. The zero-order valence-corrected chi connectivity index (χ0v) is 15.0. The van der Waals surface area contributed by atoms with E-state index < -0.39 is 0 Å². The Kier molecular flexibility index (Phi) is 3.58. The highest BCUT2D eigenvalue weighted by molar-refractivity contribution is 5.91. The maximum Gasteiger partial charge on any atom is 0.155 e. The SMILES string of the molecule is CCC1C[C@@H]2[C@H](CC[C@]3(C)C(O)CC[C@@H]23)[C@@]2(C)CCC(=O)C=C12. The lowest BCUT2D eigenvalue weighted by molar-refractivity contribution is -0.118. The first kappa shape index (κ1) is 15.9. The minimum atomic E-state index is -0.0915. The van der Waals surface area contributed by atoms with Crippen molar-refractivity contribution in [2.24, 2.45) is 34.5 Å². The van der Waals surface area contributed by atoms with Crippen molar-refractivity contribution in [1.82, 2.24) is 0 Å². The zero-order chi connectivity index (χ0) is 16.4. The van der Waals surface area contributed by atoms with Crippen molar-refractivity contribution in [2.45, 2.75) is 78.2 Å². The first-order valence-electron chi connectivity index (χ1n) is 9.83. The number of carbonyl (C=O) groups excluding carboxylic acids is 1. The molecule has 23 heavy (non-hydrogen) atoms. The quantitative estimate of drug-likeness (QED) is 0.772. The molecule has 0 aromatic rings. The minimum absolute atomic E-state index is 0.0915. The second kappa shape index (κ2) is 5.18. The largest absolute Gasteiger partial charge is 0.393 e. The fourth-order valence-corrected chi connectivity index (χ4v) is 7.14. The molecule has 2 heteroatoms. The number of aliphatic hydroxyl groups is 1. The number of hydrogen-bond acceptors (Lipinski definition) is 2. The number of aliphatic hydroxyl groups excluding tert-OH is 1. The van der Waals surface area contributed by atoms with Gasteiger partial charge in [-0.15, -0.1) is 0 Å². The van der Waals surface area contributed by atoms with Crippen LogP contribution in [0, 0.1) is 34.5 Å². The predicted octanol–water partition coefficient (Wildman–Crippen LogP) is 4.52. The van der Waals surface area contributed by atoms with Crippen LogP contribution in [0.15, 0.2) is 11.6 Å². The van der Waals surface area contributed by atoms with Crippen LogP contribution in [0.1, 0.15) is 72.1 Å². The summed E-state index contributed by atoms with van der Waals surface area (Å²) in [6.07, 6.45) is 10.8. The molecule has 0 aliphatic heterocycles. The second-order valence-electron chi connectivity index (χ2n) is 9.34. The lowest BCUT2D eigenvalue weighted by atomic mass is 9.45. The summed E-state index contributed by atoms with van der Waals surface area (Å²) in [4.78, 5) is 12.0. The maximum absolute atomic E-state index is 12.0. The van der Waals surface area contributed by atoms with Gasteiger partial charge in [0.15, 0.2) is 5.78 Å². The summed E-state index contributed by atoms with van der Waals surface area (Å²) in [6.45, 7) is 7.10. The Bertz CT molecular complexity index is 550. The van der Waals surface area contributed by atoms with Gasteiger partial charge >= 0.3 is 0 Å². The molecule has 0 heterocycles. The van der Waals surface area contributed by atoms with Crippen LogP contribution in [0.5, 0.6) is 0 Å². The first-order valence-corrected chi connectivity index (χ1v) is 9.83. The molecule has 3 saturated carbocycles. The van der Waals surface area contributed by atoms with Crippen molar-refractivity contribution >= 4 is 5.78 Å². The minimum Gasteiger partial charge on any atom is -0.393 e. The number of ketones is 1. The third kappa shape index (κ3) is 2.06. The molecular weight excluding hydrogens is 284 g/mol. The van der Waals surface area contributed by atoms with Crippen LogP contribution in [0.2, 0.25) is 0 Å². The number of allylic oxidation sites excluding steroid dienone is 1. The molecule has 0 radical (unpaired) electrons. The van der Waals surface area contributed by atoms with Crippen molar-refractivity contribution in [1.29, 1.82) is 0 Å². The summed E-state index contributed by atoms with van der Waals surface area (Å²) >= 11 is 0. The molecule has 128 valence electrons. The van der Waals surface area contributed by atoms with Crippen LogP contribution < -0.4 is 0 Å². The number of fused-ring (bicyclic) bond motifs is 5. The summed E-state index contributed by atoms with van der Waals surface area (Å²) in [6, 6.07) is 0. The fourth-order valence-electron chi connectivity index (χ4n) is 7.14. The van der Waals surface area contributed by atoms with Gasteiger partial charge in [-0.25, -0.2) is 0 Å². The molecule has 0 saturated heterocycles. The van der Waals surface area contributed by atoms with Crippen LogP contribution in [0.3, 0.4) is 0 Å². The molecule has 4 rings (SSSR count). The summed E-state index contributed by atoms with van der Waals surface area (Å²) in [5.74, 6) is 3.12. The van der Waals surface area contributed by atoms with E-state index in [2.05, 4.69) is 20.8 Å². The van der Waals surface area contributed by atoms with Crippen molar-refractivity contribution in [3.8, 4) is 0 Å². The van der Waals surface area contributed by atoms with E-state index in [4.69, 9.17) is 0 Å².